The summed E-state index contributed by atoms with van der Waals surface area (Å²) in [5.41, 5.74) is 7.06. The molecule has 0 spiro atoms. The molecule has 7 rings (SSSR count). The number of aromatic nitrogens is 3. The molecule has 0 amide bonds. The number of rotatable bonds is 2. The molecule has 0 radical (unpaired) electrons. The molecule has 2 atom stereocenters. The highest BCUT2D eigenvalue weighted by Crippen LogP contribution is 2.42. The standard InChI is InChI=1S/C27H25FN4/c28-22-6-4-18(5-7-22)20-15-26-27-29-11-13-32(27)25-9-8-23(14-21(25)17-30(26)16-20)31-12-10-19-2-1-3-24(19)31/h4-9,11,13-16,19,24H,1-3,10,12,17H2/t19-,24+/m1/s1. The van der Waals surface area contributed by atoms with Crippen LogP contribution in [0.15, 0.2) is 67.1 Å². The Bertz CT molecular complexity index is 1320. The minimum absolute atomic E-state index is 0.210. The second kappa shape index (κ2) is 6.83. The average molecular weight is 425 g/mol. The lowest BCUT2D eigenvalue weighted by Crippen LogP contribution is -2.29. The number of anilines is 1. The number of halogens is 1. The fraction of sp³-hybridized carbons (Fsp3) is 0.296. The number of hydrogen-bond donors (Lipinski definition) is 0. The molecule has 160 valence electrons. The smallest absolute Gasteiger partial charge is 0.161 e. The van der Waals surface area contributed by atoms with E-state index in [1.165, 1.54) is 61.3 Å². The molecule has 1 aliphatic carbocycles. The van der Waals surface area contributed by atoms with Crippen LogP contribution in [0.1, 0.15) is 31.2 Å². The topological polar surface area (TPSA) is 26.0 Å². The SMILES string of the molecule is Fc1ccc(-c2cc3n(c2)Cc2cc(N4CC[C@H]5CCC[C@@H]54)ccc2-n2ccnc2-3)cc1. The molecule has 2 aliphatic heterocycles. The summed E-state index contributed by atoms with van der Waals surface area (Å²) in [4.78, 5) is 7.34. The van der Waals surface area contributed by atoms with E-state index in [4.69, 9.17) is 4.98 Å². The summed E-state index contributed by atoms with van der Waals surface area (Å²) >= 11 is 0. The largest absolute Gasteiger partial charge is 0.368 e. The Balaban J connectivity index is 1.32. The van der Waals surface area contributed by atoms with Crippen LogP contribution in [0.25, 0.3) is 28.3 Å². The van der Waals surface area contributed by atoms with Crippen LogP contribution in [0.2, 0.25) is 0 Å². The van der Waals surface area contributed by atoms with Gasteiger partial charge >= 0.3 is 0 Å². The third-order valence-corrected chi connectivity index (χ3v) is 7.70. The van der Waals surface area contributed by atoms with Gasteiger partial charge in [-0.2, -0.15) is 0 Å². The van der Waals surface area contributed by atoms with E-state index in [2.05, 4.69) is 50.7 Å². The predicted molar refractivity (Wildman–Crippen MR) is 125 cm³/mol. The van der Waals surface area contributed by atoms with Gasteiger partial charge in [-0.1, -0.05) is 18.6 Å². The lowest BCUT2D eigenvalue weighted by molar-refractivity contribution is 0.541. The maximum atomic E-state index is 13.4. The van der Waals surface area contributed by atoms with Gasteiger partial charge in [0.25, 0.3) is 0 Å². The van der Waals surface area contributed by atoms with Gasteiger partial charge in [0.15, 0.2) is 5.82 Å². The number of hydrogen-bond acceptors (Lipinski definition) is 2. The Hall–Kier alpha value is -3.34. The number of benzene rings is 2. The summed E-state index contributed by atoms with van der Waals surface area (Å²) in [7, 11) is 0. The second-order valence-corrected chi connectivity index (χ2v) is 9.42. The van der Waals surface area contributed by atoms with Gasteiger partial charge in [-0.3, -0.25) is 4.57 Å². The lowest BCUT2D eigenvalue weighted by Gasteiger charge is -2.27. The van der Waals surface area contributed by atoms with Crippen LogP contribution < -0.4 is 4.90 Å². The zero-order valence-corrected chi connectivity index (χ0v) is 17.9. The number of imidazole rings is 1. The molecule has 0 bridgehead atoms. The van der Waals surface area contributed by atoms with Crippen molar-refractivity contribution in [1.29, 1.82) is 0 Å². The van der Waals surface area contributed by atoms with Crippen molar-refractivity contribution in [3.05, 3.63) is 78.5 Å². The molecule has 2 aromatic carbocycles. The fourth-order valence-corrected chi connectivity index (χ4v) is 6.17. The van der Waals surface area contributed by atoms with Gasteiger partial charge in [0, 0.05) is 49.0 Å². The summed E-state index contributed by atoms with van der Waals surface area (Å²) in [5, 5.41) is 0. The maximum absolute atomic E-state index is 13.4. The molecular weight excluding hydrogens is 399 g/mol. The van der Waals surface area contributed by atoms with Crippen LogP contribution in [0, 0.1) is 11.7 Å². The molecule has 4 aromatic rings. The molecule has 0 N–H and O–H groups in total. The fourth-order valence-electron chi connectivity index (χ4n) is 6.17. The number of nitrogens with zero attached hydrogens (tertiary/aromatic N) is 4. The summed E-state index contributed by atoms with van der Waals surface area (Å²) in [6, 6.07) is 16.6. The highest BCUT2D eigenvalue weighted by molar-refractivity contribution is 5.72. The van der Waals surface area contributed by atoms with Crippen molar-refractivity contribution < 1.29 is 4.39 Å². The Morgan fingerprint density at radius 3 is 2.75 bits per heavy atom. The first-order valence-electron chi connectivity index (χ1n) is 11.6. The van der Waals surface area contributed by atoms with E-state index in [9.17, 15) is 4.39 Å². The van der Waals surface area contributed by atoms with E-state index < -0.39 is 0 Å². The van der Waals surface area contributed by atoms with E-state index >= 15 is 0 Å². The quantitative estimate of drug-likeness (QED) is 0.353. The van der Waals surface area contributed by atoms with Gasteiger partial charge in [0.05, 0.1) is 11.4 Å². The van der Waals surface area contributed by atoms with Crippen molar-refractivity contribution in [1.82, 2.24) is 14.1 Å². The first kappa shape index (κ1) is 18.3. The molecule has 4 heterocycles. The molecule has 3 aliphatic rings. The van der Waals surface area contributed by atoms with E-state index in [1.54, 1.807) is 0 Å². The van der Waals surface area contributed by atoms with Gasteiger partial charge in [-0.05, 0) is 72.7 Å². The van der Waals surface area contributed by atoms with Crippen molar-refractivity contribution in [2.75, 3.05) is 11.4 Å². The van der Waals surface area contributed by atoms with Crippen molar-refractivity contribution in [2.45, 2.75) is 38.3 Å². The lowest BCUT2D eigenvalue weighted by atomic mass is 10.0. The van der Waals surface area contributed by atoms with Crippen molar-refractivity contribution in [3.63, 3.8) is 0 Å². The van der Waals surface area contributed by atoms with Crippen LogP contribution in [-0.2, 0) is 6.54 Å². The van der Waals surface area contributed by atoms with E-state index in [-0.39, 0.29) is 5.82 Å². The maximum Gasteiger partial charge on any atom is 0.161 e. The average Bonchev–Trinajstić information content (AvgIpc) is 3.57. The second-order valence-electron chi connectivity index (χ2n) is 9.42. The van der Waals surface area contributed by atoms with Gasteiger partial charge in [-0.15, -0.1) is 0 Å². The normalized spacial score (nSPS) is 21.1. The van der Waals surface area contributed by atoms with Crippen LogP contribution in [0.4, 0.5) is 10.1 Å². The molecule has 2 aromatic heterocycles. The Labute approximate surface area is 186 Å². The van der Waals surface area contributed by atoms with Gasteiger partial charge < -0.3 is 9.47 Å². The molecule has 5 heteroatoms. The van der Waals surface area contributed by atoms with Gasteiger partial charge in [-0.25, -0.2) is 9.37 Å². The zero-order chi connectivity index (χ0) is 21.2. The summed E-state index contributed by atoms with van der Waals surface area (Å²) in [5.74, 6) is 1.61. The highest BCUT2D eigenvalue weighted by Gasteiger charge is 2.37. The Morgan fingerprint density at radius 1 is 0.938 bits per heavy atom. The monoisotopic (exact) mass is 424 g/mol. The molecular formula is C27H25FN4. The molecule has 0 unspecified atom stereocenters. The van der Waals surface area contributed by atoms with Crippen LogP contribution in [0.3, 0.4) is 0 Å². The first-order valence-corrected chi connectivity index (χ1v) is 11.6. The van der Waals surface area contributed by atoms with E-state index in [0.717, 1.165) is 41.1 Å². The van der Waals surface area contributed by atoms with Crippen LogP contribution in [-0.4, -0.2) is 26.7 Å². The van der Waals surface area contributed by atoms with Gasteiger partial charge in [0.1, 0.15) is 5.82 Å². The molecule has 2 fully saturated rings. The van der Waals surface area contributed by atoms with Gasteiger partial charge in [0.2, 0.25) is 0 Å². The predicted octanol–water partition coefficient (Wildman–Crippen LogP) is 5.89. The van der Waals surface area contributed by atoms with Crippen molar-refractivity contribution in [3.8, 4) is 28.3 Å². The zero-order valence-electron chi connectivity index (χ0n) is 17.9. The third kappa shape index (κ3) is 2.70. The Kier molecular flexibility index (Phi) is 3.89. The minimum Gasteiger partial charge on any atom is -0.368 e. The molecule has 32 heavy (non-hydrogen) atoms. The van der Waals surface area contributed by atoms with Crippen LogP contribution in [0.5, 0.6) is 0 Å². The first-order chi connectivity index (χ1) is 15.7. The molecule has 1 saturated carbocycles. The van der Waals surface area contributed by atoms with E-state index in [1.807, 2.05) is 18.3 Å². The summed E-state index contributed by atoms with van der Waals surface area (Å²) < 4.78 is 17.9. The van der Waals surface area contributed by atoms with E-state index in [0.29, 0.717) is 0 Å². The minimum atomic E-state index is -0.210. The summed E-state index contributed by atoms with van der Waals surface area (Å²) in [6.07, 6.45) is 11.5. The third-order valence-electron chi connectivity index (χ3n) is 7.70. The molecule has 4 nitrogen and oxygen atoms in total. The molecule has 1 saturated heterocycles. The Morgan fingerprint density at radius 2 is 1.84 bits per heavy atom. The highest BCUT2D eigenvalue weighted by atomic mass is 19.1. The van der Waals surface area contributed by atoms with Crippen LogP contribution >= 0.6 is 0 Å². The van der Waals surface area contributed by atoms with Crippen molar-refractivity contribution in [2.24, 2.45) is 5.92 Å². The number of fused-ring (bicyclic) bond motifs is 6. The van der Waals surface area contributed by atoms with Crippen molar-refractivity contribution >= 4 is 5.69 Å². The summed E-state index contributed by atoms with van der Waals surface area (Å²) in [6.45, 7) is 1.97.